The monoisotopic (exact) mass is 381 g/mol. The molecule has 0 saturated carbocycles. The van der Waals surface area contributed by atoms with Crippen molar-refractivity contribution < 1.29 is 19.1 Å². The fourth-order valence-electron chi connectivity index (χ4n) is 3.46. The molecule has 7 heteroatoms. The maximum atomic E-state index is 12.1. The summed E-state index contributed by atoms with van der Waals surface area (Å²) in [6.07, 6.45) is -0.0958. The molecule has 0 radical (unpaired) electrons. The van der Waals surface area contributed by atoms with Crippen LogP contribution in [0.2, 0.25) is 0 Å². The second-order valence-electron chi connectivity index (χ2n) is 6.82. The van der Waals surface area contributed by atoms with E-state index in [-0.39, 0.29) is 25.0 Å². The Labute approximate surface area is 163 Å². The van der Waals surface area contributed by atoms with Crippen molar-refractivity contribution in [2.45, 2.75) is 31.7 Å². The quantitative estimate of drug-likeness (QED) is 0.714. The van der Waals surface area contributed by atoms with Crippen molar-refractivity contribution in [1.29, 1.82) is 0 Å². The zero-order valence-electron chi connectivity index (χ0n) is 15.6. The highest BCUT2D eigenvalue weighted by Crippen LogP contribution is 2.44. The molecule has 2 aromatic rings. The molecule has 0 saturated heterocycles. The first-order valence-corrected chi connectivity index (χ1v) is 9.16. The molecule has 4 N–H and O–H groups in total. The number of alkyl carbamates (subject to hydrolysis) is 1. The van der Waals surface area contributed by atoms with Crippen LogP contribution in [-0.2, 0) is 9.53 Å². The molecule has 1 atom stereocenters. The van der Waals surface area contributed by atoms with Crippen LogP contribution in [0.4, 0.5) is 9.59 Å². The molecule has 7 nitrogen and oxygen atoms in total. The molecular weight excluding hydrogens is 358 g/mol. The maximum absolute atomic E-state index is 12.1. The number of hydrogen-bond acceptors (Lipinski definition) is 4. The average molecular weight is 381 g/mol. The van der Waals surface area contributed by atoms with Gasteiger partial charge in [-0.05, 0) is 35.6 Å². The Morgan fingerprint density at radius 3 is 2.18 bits per heavy atom. The molecule has 0 heterocycles. The van der Waals surface area contributed by atoms with Gasteiger partial charge in [0.25, 0.3) is 0 Å². The van der Waals surface area contributed by atoms with E-state index in [1.54, 1.807) is 6.92 Å². The second-order valence-corrected chi connectivity index (χ2v) is 6.82. The smallest absolute Gasteiger partial charge is 0.407 e. The molecule has 3 rings (SSSR count). The van der Waals surface area contributed by atoms with Crippen LogP contribution in [0.1, 0.15) is 36.8 Å². The first-order chi connectivity index (χ1) is 13.5. The molecule has 2 aromatic carbocycles. The number of ether oxygens (including phenoxy) is 1. The molecule has 0 aromatic heterocycles. The average Bonchev–Trinajstić information content (AvgIpc) is 2.98. The minimum Gasteiger partial charge on any atom is -0.449 e. The van der Waals surface area contributed by atoms with Gasteiger partial charge in [-0.25, -0.2) is 9.59 Å². The first kappa shape index (κ1) is 19.4. The summed E-state index contributed by atoms with van der Waals surface area (Å²) in [6.45, 7) is 1.99. The number of amides is 4. The lowest BCUT2D eigenvalue weighted by molar-refractivity contribution is -0.120. The first-order valence-electron chi connectivity index (χ1n) is 9.16. The number of fused-ring (bicyclic) bond motifs is 3. The van der Waals surface area contributed by atoms with E-state index in [0.717, 1.165) is 11.1 Å². The highest BCUT2D eigenvalue weighted by molar-refractivity contribution is 5.93. The van der Waals surface area contributed by atoms with E-state index in [4.69, 9.17) is 10.5 Å². The van der Waals surface area contributed by atoms with Crippen LogP contribution in [0, 0.1) is 0 Å². The van der Waals surface area contributed by atoms with Crippen molar-refractivity contribution in [2.24, 2.45) is 5.73 Å². The van der Waals surface area contributed by atoms with E-state index in [1.807, 2.05) is 29.6 Å². The molecule has 1 aliphatic carbocycles. The van der Waals surface area contributed by atoms with Crippen LogP contribution in [0.3, 0.4) is 0 Å². The highest BCUT2D eigenvalue weighted by Gasteiger charge is 2.29. The van der Waals surface area contributed by atoms with Gasteiger partial charge in [-0.1, -0.05) is 48.5 Å². The number of rotatable bonds is 6. The van der Waals surface area contributed by atoms with Crippen LogP contribution in [0.25, 0.3) is 11.1 Å². The number of benzene rings is 2. The van der Waals surface area contributed by atoms with Gasteiger partial charge in [0, 0.05) is 18.4 Å². The normalized spacial score (nSPS) is 13.2. The van der Waals surface area contributed by atoms with Crippen molar-refractivity contribution in [3.8, 4) is 11.1 Å². The zero-order valence-corrected chi connectivity index (χ0v) is 15.6. The summed E-state index contributed by atoms with van der Waals surface area (Å²) in [7, 11) is 0. The van der Waals surface area contributed by atoms with E-state index >= 15 is 0 Å². The van der Waals surface area contributed by atoms with Gasteiger partial charge in [-0.2, -0.15) is 0 Å². The number of urea groups is 1. The lowest BCUT2D eigenvalue weighted by Crippen LogP contribution is -2.37. The van der Waals surface area contributed by atoms with Crippen molar-refractivity contribution in [3.05, 3.63) is 59.7 Å². The second kappa shape index (κ2) is 8.56. The summed E-state index contributed by atoms with van der Waals surface area (Å²) in [5.41, 5.74) is 9.51. The fraction of sp³-hybridized carbons (Fsp3) is 0.286. The molecule has 0 fully saturated rings. The van der Waals surface area contributed by atoms with Crippen LogP contribution in [0.5, 0.6) is 0 Å². The number of primary amides is 1. The van der Waals surface area contributed by atoms with Crippen molar-refractivity contribution in [1.82, 2.24) is 10.6 Å². The Hall–Kier alpha value is -3.35. The van der Waals surface area contributed by atoms with Gasteiger partial charge in [0.1, 0.15) is 6.61 Å². The lowest BCUT2D eigenvalue weighted by atomic mass is 9.98. The van der Waals surface area contributed by atoms with Gasteiger partial charge in [0.15, 0.2) is 0 Å². The van der Waals surface area contributed by atoms with Crippen molar-refractivity contribution in [3.63, 3.8) is 0 Å². The molecule has 0 bridgehead atoms. The van der Waals surface area contributed by atoms with Crippen LogP contribution < -0.4 is 16.4 Å². The van der Waals surface area contributed by atoms with Crippen LogP contribution >= 0.6 is 0 Å². The van der Waals surface area contributed by atoms with Crippen LogP contribution in [-0.4, -0.2) is 30.7 Å². The molecular formula is C21H23N3O4. The Morgan fingerprint density at radius 2 is 1.61 bits per heavy atom. The van der Waals surface area contributed by atoms with E-state index in [1.165, 1.54) is 11.1 Å². The molecule has 4 amide bonds. The van der Waals surface area contributed by atoms with Crippen molar-refractivity contribution in [2.75, 3.05) is 6.61 Å². The third kappa shape index (κ3) is 4.49. The predicted molar refractivity (Wildman–Crippen MR) is 105 cm³/mol. The summed E-state index contributed by atoms with van der Waals surface area (Å²) in [6, 6.07) is 15.1. The minimum absolute atomic E-state index is 0.00481. The molecule has 0 unspecified atom stereocenters. The maximum Gasteiger partial charge on any atom is 0.407 e. The van der Waals surface area contributed by atoms with Gasteiger partial charge in [-0.3, -0.25) is 10.1 Å². The molecule has 28 heavy (non-hydrogen) atoms. The fourth-order valence-corrected chi connectivity index (χ4v) is 3.46. The SMILES string of the molecule is C[C@@H](CCC(=O)NC(N)=O)NC(=O)OCC1c2ccccc2-c2ccccc21. The van der Waals surface area contributed by atoms with Gasteiger partial charge in [-0.15, -0.1) is 0 Å². The van der Waals surface area contributed by atoms with E-state index in [2.05, 4.69) is 29.6 Å². The standard InChI is InChI=1S/C21H23N3O4/c1-13(10-11-19(25)24-20(22)26)23-21(27)28-12-18-16-8-4-2-6-14(16)15-7-3-5-9-17(15)18/h2-9,13,18H,10-12H2,1H3,(H,23,27)(H3,22,24,25,26)/t13-/m0/s1. The largest absolute Gasteiger partial charge is 0.449 e. The topological polar surface area (TPSA) is 111 Å². The number of carbonyl (C=O) groups excluding carboxylic acids is 3. The summed E-state index contributed by atoms with van der Waals surface area (Å²) >= 11 is 0. The Morgan fingerprint density at radius 1 is 1.04 bits per heavy atom. The lowest BCUT2D eigenvalue weighted by Gasteiger charge is -2.17. The molecule has 0 spiro atoms. The summed E-state index contributed by atoms with van der Waals surface area (Å²) in [5, 5.41) is 4.69. The Bertz CT molecular complexity index is 851. The summed E-state index contributed by atoms with van der Waals surface area (Å²) < 4.78 is 5.46. The third-order valence-electron chi connectivity index (χ3n) is 4.77. The van der Waals surface area contributed by atoms with E-state index in [0.29, 0.717) is 6.42 Å². The summed E-state index contributed by atoms with van der Waals surface area (Å²) in [5.74, 6) is -0.483. The number of nitrogens with one attached hydrogen (secondary N) is 2. The Balaban J connectivity index is 1.54. The predicted octanol–water partition coefficient (Wildman–Crippen LogP) is 2.89. The minimum atomic E-state index is -0.887. The van der Waals surface area contributed by atoms with Gasteiger partial charge < -0.3 is 15.8 Å². The number of imide groups is 1. The highest BCUT2D eigenvalue weighted by atomic mass is 16.5. The summed E-state index contributed by atoms with van der Waals surface area (Å²) in [4.78, 5) is 34.2. The molecule has 1 aliphatic rings. The number of carbonyl (C=O) groups is 3. The molecule has 146 valence electrons. The van der Waals surface area contributed by atoms with Crippen molar-refractivity contribution >= 4 is 18.0 Å². The molecule has 0 aliphatic heterocycles. The van der Waals surface area contributed by atoms with Gasteiger partial charge in [0.2, 0.25) is 5.91 Å². The van der Waals surface area contributed by atoms with Gasteiger partial charge >= 0.3 is 12.1 Å². The van der Waals surface area contributed by atoms with Gasteiger partial charge in [0.05, 0.1) is 0 Å². The van der Waals surface area contributed by atoms with E-state index in [9.17, 15) is 14.4 Å². The number of hydrogen-bond donors (Lipinski definition) is 3. The third-order valence-corrected chi connectivity index (χ3v) is 4.77. The van der Waals surface area contributed by atoms with E-state index < -0.39 is 18.0 Å². The van der Waals surface area contributed by atoms with Crippen LogP contribution in [0.15, 0.2) is 48.5 Å². The zero-order chi connectivity index (χ0) is 20.1. The Kier molecular flexibility index (Phi) is 5.93. The number of nitrogens with two attached hydrogens (primary N) is 1.